The van der Waals surface area contributed by atoms with Crippen LogP contribution in [0, 0.1) is 0 Å². The van der Waals surface area contributed by atoms with Crippen LogP contribution in [0.1, 0.15) is 15.9 Å². The predicted octanol–water partition coefficient (Wildman–Crippen LogP) is 3.85. The first-order chi connectivity index (χ1) is 8.86. The Kier molecular flexibility index (Phi) is 5.03. The van der Waals surface area contributed by atoms with Gasteiger partial charge in [-0.05, 0) is 17.7 Å². The Morgan fingerprint density at radius 3 is 2.17 bits per heavy atom. The second kappa shape index (κ2) is 7.02. The van der Waals surface area contributed by atoms with Crippen molar-refractivity contribution in [3.05, 3.63) is 71.8 Å². The van der Waals surface area contributed by atoms with Crippen molar-refractivity contribution in [2.75, 3.05) is 11.5 Å². The number of ketones is 1. The first-order valence-corrected chi connectivity index (χ1v) is 7.21. The summed E-state index contributed by atoms with van der Waals surface area (Å²) in [7, 11) is 0. The van der Waals surface area contributed by atoms with Gasteiger partial charge < -0.3 is 0 Å². The quantitative estimate of drug-likeness (QED) is 0.577. The molecule has 0 unspecified atom stereocenters. The second-order valence-electron chi connectivity index (χ2n) is 4.08. The maximum atomic E-state index is 11.8. The maximum absolute atomic E-state index is 11.8. The fourth-order valence-corrected chi connectivity index (χ4v) is 2.58. The van der Waals surface area contributed by atoms with Gasteiger partial charge in [0.25, 0.3) is 0 Å². The number of hydrogen-bond acceptors (Lipinski definition) is 2. The van der Waals surface area contributed by atoms with E-state index < -0.39 is 0 Å². The van der Waals surface area contributed by atoms with E-state index in [1.807, 2.05) is 36.4 Å². The summed E-state index contributed by atoms with van der Waals surface area (Å²) in [6, 6.07) is 19.9. The van der Waals surface area contributed by atoms with Crippen LogP contribution in [0.5, 0.6) is 0 Å². The molecule has 2 rings (SSSR count). The summed E-state index contributed by atoms with van der Waals surface area (Å²) < 4.78 is 0. The van der Waals surface area contributed by atoms with Crippen molar-refractivity contribution < 1.29 is 4.79 Å². The van der Waals surface area contributed by atoms with Crippen LogP contribution in [0.15, 0.2) is 60.7 Å². The highest BCUT2D eigenvalue weighted by atomic mass is 32.2. The van der Waals surface area contributed by atoms with Crippen LogP contribution >= 0.6 is 11.8 Å². The molecule has 0 spiro atoms. The minimum atomic E-state index is 0.216. The van der Waals surface area contributed by atoms with Gasteiger partial charge in [-0.15, -0.1) is 0 Å². The summed E-state index contributed by atoms with van der Waals surface area (Å²) in [4.78, 5) is 11.8. The molecule has 2 aromatic rings. The van der Waals surface area contributed by atoms with Crippen LogP contribution in [0.3, 0.4) is 0 Å². The lowest BCUT2D eigenvalue weighted by atomic mass is 10.2. The number of rotatable bonds is 6. The van der Waals surface area contributed by atoms with Gasteiger partial charge in [0.05, 0.1) is 5.75 Å². The highest BCUT2D eigenvalue weighted by Gasteiger charge is 2.04. The average molecular weight is 256 g/mol. The van der Waals surface area contributed by atoms with Crippen molar-refractivity contribution in [1.82, 2.24) is 0 Å². The van der Waals surface area contributed by atoms with Crippen molar-refractivity contribution in [1.29, 1.82) is 0 Å². The van der Waals surface area contributed by atoms with Gasteiger partial charge in [-0.1, -0.05) is 60.7 Å². The lowest BCUT2D eigenvalue weighted by Gasteiger charge is -2.02. The fourth-order valence-electron chi connectivity index (χ4n) is 1.71. The van der Waals surface area contributed by atoms with Crippen LogP contribution < -0.4 is 0 Å². The van der Waals surface area contributed by atoms with Crippen LogP contribution in [0.4, 0.5) is 0 Å². The van der Waals surface area contributed by atoms with Crippen molar-refractivity contribution in [3.8, 4) is 0 Å². The molecule has 0 aliphatic carbocycles. The van der Waals surface area contributed by atoms with Crippen molar-refractivity contribution >= 4 is 17.5 Å². The van der Waals surface area contributed by atoms with E-state index >= 15 is 0 Å². The van der Waals surface area contributed by atoms with Gasteiger partial charge in [0, 0.05) is 5.56 Å². The third-order valence-electron chi connectivity index (χ3n) is 2.71. The number of benzene rings is 2. The Bertz CT molecular complexity index is 479. The number of thioether (sulfide) groups is 1. The van der Waals surface area contributed by atoms with E-state index in [-0.39, 0.29) is 5.78 Å². The second-order valence-corrected chi connectivity index (χ2v) is 5.18. The first kappa shape index (κ1) is 12.9. The molecule has 18 heavy (non-hydrogen) atoms. The highest BCUT2D eigenvalue weighted by Crippen LogP contribution is 2.10. The zero-order valence-electron chi connectivity index (χ0n) is 10.2. The van der Waals surface area contributed by atoms with Crippen LogP contribution in [0.25, 0.3) is 0 Å². The highest BCUT2D eigenvalue weighted by molar-refractivity contribution is 7.99. The molecule has 2 heteroatoms. The zero-order valence-corrected chi connectivity index (χ0v) is 11.0. The Balaban J connectivity index is 1.72. The molecule has 92 valence electrons. The summed E-state index contributed by atoms with van der Waals surface area (Å²) in [5.41, 5.74) is 2.14. The van der Waals surface area contributed by atoms with Crippen molar-refractivity contribution in [3.63, 3.8) is 0 Å². The molecule has 0 atom stereocenters. The summed E-state index contributed by atoms with van der Waals surface area (Å²) in [5, 5.41) is 0. The third-order valence-corrected chi connectivity index (χ3v) is 3.67. The molecule has 0 aliphatic rings. The van der Waals surface area contributed by atoms with E-state index in [9.17, 15) is 4.79 Å². The molecule has 0 radical (unpaired) electrons. The Morgan fingerprint density at radius 1 is 0.889 bits per heavy atom. The van der Waals surface area contributed by atoms with Crippen molar-refractivity contribution in [2.24, 2.45) is 0 Å². The Morgan fingerprint density at radius 2 is 1.50 bits per heavy atom. The Hall–Kier alpha value is -1.54. The number of Topliss-reactive ketones (excluding diaryl/α,β-unsaturated/α-hetero) is 1. The lowest BCUT2D eigenvalue weighted by molar-refractivity contribution is 0.102. The van der Waals surface area contributed by atoms with Gasteiger partial charge in [0.15, 0.2) is 5.78 Å². The monoisotopic (exact) mass is 256 g/mol. The summed E-state index contributed by atoms with van der Waals surface area (Å²) in [5.74, 6) is 1.77. The largest absolute Gasteiger partial charge is 0.293 e. The molecule has 0 aliphatic heterocycles. The molecule has 0 N–H and O–H groups in total. The molecule has 0 saturated heterocycles. The van der Waals surface area contributed by atoms with Crippen LogP contribution in [-0.4, -0.2) is 17.3 Å². The molecule has 2 aromatic carbocycles. The molecule has 1 nitrogen and oxygen atoms in total. The van der Waals surface area contributed by atoms with Gasteiger partial charge in [-0.25, -0.2) is 0 Å². The van der Waals surface area contributed by atoms with Gasteiger partial charge >= 0.3 is 0 Å². The molecule has 0 heterocycles. The molecule has 0 saturated carbocycles. The zero-order chi connectivity index (χ0) is 12.6. The lowest BCUT2D eigenvalue weighted by Crippen LogP contribution is -2.03. The third kappa shape index (κ3) is 4.04. The van der Waals surface area contributed by atoms with Crippen LogP contribution in [-0.2, 0) is 6.42 Å². The number of carbonyl (C=O) groups is 1. The fraction of sp³-hybridized carbons (Fsp3) is 0.188. The van der Waals surface area contributed by atoms with E-state index in [2.05, 4.69) is 24.3 Å². The summed E-state index contributed by atoms with van der Waals surface area (Å²) in [6.07, 6.45) is 1.02. The van der Waals surface area contributed by atoms with E-state index in [1.54, 1.807) is 11.8 Å². The summed E-state index contributed by atoms with van der Waals surface area (Å²) >= 11 is 1.70. The number of carbonyl (C=O) groups excluding carboxylic acids is 1. The minimum absolute atomic E-state index is 0.216. The van der Waals surface area contributed by atoms with E-state index in [0.717, 1.165) is 17.7 Å². The predicted molar refractivity (Wildman–Crippen MR) is 78.2 cm³/mol. The number of aryl methyl sites for hydroxylation is 1. The molecule has 0 aromatic heterocycles. The standard InChI is InChI=1S/C16H16OS/c17-16(15-9-5-2-6-10-15)13-18-12-11-14-7-3-1-4-8-14/h1-10H,11-13H2. The molecular formula is C16H16OS. The topological polar surface area (TPSA) is 17.1 Å². The van der Waals surface area contributed by atoms with Gasteiger partial charge in [0.2, 0.25) is 0 Å². The molecule has 0 fully saturated rings. The Labute approximate surface area is 112 Å². The molecule has 0 amide bonds. The molecular weight excluding hydrogens is 240 g/mol. The average Bonchev–Trinajstić information content (AvgIpc) is 2.45. The van der Waals surface area contributed by atoms with Gasteiger partial charge in [0.1, 0.15) is 0 Å². The van der Waals surface area contributed by atoms with Gasteiger partial charge in [-0.2, -0.15) is 11.8 Å². The first-order valence-electron chi connectivity index (χ1n) is 6.06. The van der Waals surface area contributed by atoms with Crippen LogP contribution in [0.2, 0.25) is 0 Å². The molecule has 0 bridgehead atoms. The summed E-state index contributed by atoms with van der Waals surface area (Å²) in [6.45, 7) is 0. The van der Waals surface area contributed by atoms with Gasteiger partial charge in [-0.3, -0.25) is 4.79 Å². The number of hydrogen-bond donors (Lipinski definition) is 0. The van der Waals surface area contributed by atoms with Crippen molar-refractivity contribution in [2.45, 2.75) is 6.42 Å². The smallest absolute Gasteiger partial charge is 0.172 e. The van der Waals surface area contributed by atoms with E-state index in [0.29, 0.717) is 5.75 Å². The SMILES string of the molecule is O=C(CSCCc1ccccc1)c1ccccc1. The maximum Gasteiger partial charge on any atom is 0.172 e. The van der Waals surface area contributed by atoms with E-state index in [4.69, 9.17) is 0 Å². The normalized spacial score (nSPS) is 10.2. The van der Waals surface area contributed by atoms with E-state index in [1.165, 1.54) is 5.56 Å². The minimum Gasteiger partial charge on any atom is -0.293 e.